The maximum absolute atomic E-state index is 12.4. The van der Waals surface area contributed by atoms with E-state index in [2.05, 4.69) is 44.3 Å². The Morgan fingerprint density at radius 2 is 1.50 bits per heavy atom. The molecule has 2 fully saturated rings. The van der Waals surface area contributed by atoms with Gasteiger partial charge in [-0.25, -0.2) is 0 Å². The number of amides is 1. The van der Waals surface area contributed by atoms with E-state index < -0.39 is 0 Å². The molecule has 0 bridgehead atoms. The van der Waals surface area contributed by atoms with Gasteiger partial charge in [-0.15, -0.1) is 10.2 Å². The highest BCUT2D eigenvalue weighted by Gasteiger charge is 2.22. The molecule has 0 aliphatic carbocycles. The number of hydrogen-bond acceptors (Lipinski definition) is 6. The Bertz CT molecular complexity index is 723. The molecule has 1 aromatic heterocycles. The fourth-order valence-electron chi connectivity index (χ4n) is 3.37. The predicted octanol–water partition coefficient (Wildman–Crippen LogP) is 1.28. The first-order valence-corrected chi connectivity index (χ1v) is 9.07. The average molecular weight is 353 g/mol. The van der Waals surface area contributed by atoms with Gasteiger partial charge in [-0.1, -0.05) is 18.2 Å². The van der Waals surface area contributed by atoms with Crippen LogP contribution in [0, 0.1) is 0 Å². The molecule has 4 rings (SSSR count). The fraction of sp³-hybridized carbons (Fsp3) is 0.421. The third-order valence-corrected chi connectivity index (χ3v) is 4.89. The van der Waals surface area contributed by atoms with Crippen LogP contribution in [0.5, 0.6) is 0 Å². The summed E-state index contributed by atoms with van der Waals surface area (Å²) in [4.78, 5) is 18.8. The summed E-state index contributed by atoms with van der Waals surface area (Å²) in [6.07, 6.45) is 0. The van der Waals surface area contributed by atoms with E-state index in [1.165, 1.54) is 5.69 Å². The first kappa shape index (κ1) is 16.8. The number of para-hydroxylation sites is 1. The Hall–Kier alpha value is -2.67. The SMILES string of the molecule is O=C(c1ccc(N2CCN(c3ccccc3)CC2)nn1)N1CCOCC1. The molecular weight excluding hydrogens is 330 g/mol. The van der Waals surface area contributed by atoms with Crippen molar-refractivity contribution in [2.24, 2.45) is 0 Å². The highest BCUT2D eigenvalue weighted by atomic mass is 16.5. The maximum Gasteiger partial charge on any atom is 0.274 e. The minimum Gasteiger partial charge on any atom is -0.378 e. The number of hydrogen-bond donors (Lipinski definition) is 0. The van der Waals surface area contributed by atoms with Crippen LogP contribution in [-0.4, -0.2) is 73.5 Å². The zero-order valence-electron chi connectivity index (χ0n) is 14.8. The molecule has 0 atom stereocenters. The highest BCUT2D eigenvalue weighted by molar-refractivity contribution is 5.92. The standard InChI is InChI=1S/C19H23N5O2/c25-19(24-12-14-26-15-13-24)17-6-7-18(21-20-17)23-10-8-22(9-11-23)16-4-2-1-3-5-16/h1-7H,8-15H2. The number of morpholine rings is 1. The number of piperazine rings is 1. The largest absolute Gasteiger partial charge is 0.378 e. The van der Waals surface area contributed by atoms with Gasteiger partial charge in [-0.2, -0.15) is 0 Å². The fourth-order valence-corrected chi connectivity index (χ4v) is 3.37. The molecule has 136 valence electrons. The van der Waals surface area contributed by atoms with Crippen molar-refractivity contribution in [2.75, 3.05) is 62.3 Å². The van der Waals surface area contributed by atoms with E-state index >= 15 is 0 Å². The summed E-state index contributed by atoms with van der Waals surface area (Å²) in [7, 11) is 0. The van der Waals surface area contributed by atoms with Crippen LogP contribution in [0.2, 0.25) is 0 Å². The lowest BCUT2D eigenvalue weighted by atomic mass is 10.2. The highest BCUT2D eigenvalue weighted by Crippen LogP contribution is 2.18. The van der Waals surface area contributed by atoms with Gasteiger partial charge < -0.3 is 19.4 Å². The average Bonchev–Trinajstić information content (AvgIpc) is 2.75. The molecule has 26 heavy (non-hydrogen) atoms. The summed E-state index contributed by atoms with van der Waals surface area (Å²) < 4.78 is 5.28. The Balaban J connectivity index is 1.36. The van der Waals surface area contributed by atoms with Gasteiger partial charge in [0.25, 0.3) is 5.91 Å². The summed E-state index contributed by atoms with van der Waals surface area (Å²) in [6.45, 7) is 6.07. The number of benzene rings is 1. The Kier molecular flexibility index (Phi) is 4.97. The van der Waals surface area contributed by atoms with Crippen LogP contribution in [0.1, 0.15) is 10.5 Å². The second kappa shape index (κ2) is 7.70. The zero-order chi connectivity index (χ0) is 17.8. The number of aromatic nitrogens is 2. The molecule has 0 spiro atoms. The number of ether oxygens (including phenoxy) is 1. The van der Waals surface area contributed by atoms with Crippen LogP contribution in [0.3, 0.4) is 0 Å². The predicted molar refractivity (Wildman–Crippen MR) is 99.6 cm³/mol. The number of anilines is 2. The van der Waals surface area contributed by atoms with Crippen LogP contribution >= 0.6 is 0 Å². The van der Waals surface area contributed by atoms with Crippen molar-refractivity contribution in [2.45, 2.75) is 0 Å². The minimum absolute atomic E-state index is 0.0683. The van der Waals surface area contributed by atoms with Crippen LogP contribution in [0.4, 0.5) is 11.5 Å². The van der Waals surface area contributed by atoms with E-state index in [4.69, 9.17) is 4.74 Å². The molecule has 1 amide bonds. The van der Waals surface area contributed by atoms with Crippen LogP contribution in [-0.2, 0) is 4.74 Å². The van der Waals surface area contributed by atoms with Gasteiger partial charge in [-0.05, 0) is 24.3 Å². The minimum atomic E-state index is -0.0683. The molecule has 0 N–H and O–H groups in total. The van der Waals surface area contributed by atoms with Crippen LogP contribution < -0.4 is 9.80 Å². The van der Waals surface area contributed by atoms with Crippen molar-refractivity contribution in [3.8, 4) is 0 Å². The quantitative estimate of drug-likeness (QED) is 0.828. The van der Waals surface area contributed by atoms with Crippen LogP contribution in [0.15, 0.2) is 42.5 Å². The van der Waals surface area contributed by atoms with Gasteiger partial charge in [0.2, 0.25) is 0 Å². The Morgan fingerprint density at radius 1 is 0.808 bits per heavy atom. The molecule has 2 aliphatic rings. The van der Waals surface area contributed by atoms with Crippen molar-refractivity contribution < 1.29 is 9.53 Å². The first-order chi connectivity index (χ1) is 12.8. The third-order valence-electron chi connectivity index (χ3n) is 4.89. The number of nitrogens with zero attached hydrogens (tertiary/aromatic N) is 5. The molecule has 2 saturated heterocycles. The molecule has 0 radical (unpaired) electrons. The lowest BCUT2D eigenvalue weighted by molar-refractivity contribution is 0.0298. The van der Waals surface area contributed by atoms with Gasteiger partial charge in [-0.3, -0.25) is 4.79 Å². The molecule has 1 aromatic carbocycles. The van der Waals surface area contributed by atoms with E-state index in [0.717, 1.165) is 32.0 Å². The van der Waals surface area contributed by atoms with E-state index in [1.54, 1.807) is 11.0 Å². The van der Waals surface area contributed by atoms with Gasteiger partial charge in [0.05, 0.1) is 13.2 Å². The second-order valence-electron chi connectivity index (χ2n) is 6.49. The summed E-state index contributed by atoms with van der Waals surface area (Å²) in [6, 6.07) is 14.1. The molecule has 7 heteroatoms. The Morgan fingerprint density at radius 3 is 2.15 bits per heavy atom. The van der Waals surface area contributed by atoms with Gasteiger partial charge >= 0.3 is 0 Å². The smallest absolute Gasteiger partial charge is 0.274 e. The van der Waals surface area contributed by atoms with Crippen molar-refractivity contribution in [1.82, 2.24) is 15.1 Å². The molecule has 0 unspecified atom stereocenters. The summed E-state index contributed by atoms with van der Waals surface area (Å²) in [5.41, 5.74) is 1.66. The lowest BCUT2D eigenvalue weighted by Gasteiger charge is -2.36. The van der Waals surface area contributed by atoms with Crippen molar-refractivity contribution in [3.63, 3.8) is 0 Å². The van der Waals surface area contributed by atoms with Crippen molar-refractivity contribution in [1.29, 1.82) is 0 Å². The van der Waals surface area contributed by atoms with E-state index in [0.29, 0.717) is 32.0 Å². The van der Waals surface area contributed by atoms with Gasteiger partial charge in [0.15, 0.2) is 11.5 Å². The summed E-state index contributed by atoms with van der Waals surface area (Å²) >= 11 is 0. The topological polar surface area (TPSA) is 61.8 Å². The Labute approximate surface area is 153 Å². The summed E-state index contributed by atoms with van der Waals surface area (Å²) in [5, 5.41) is 8.46. The van der Waals surface area contributed by atoms with Gasteiger partial charge in [0.1, 0.15) is 0 Å². The normalized spacial score (nSPS) is 18.1. The molecule has 3 heterocycles. The molecule has 7 nitrogen and oxygen atoms in total. The number of rotatable bonds is 3. The van der Waals surface area contributed by atoms with E-state index in [9.17, 15) is 4.79 Å². The molecule has 2 aliphatic heterocycles. The molecular formula is C19H23N5O2. The number of carbonyl (C=O) groups is 1. The molecule has 0 saturated carbocycles. The summed E-state index contributed by atoms with van der Waals surface area (Å²) in [5.74, 6) is 0.762. The third kappa shape index (κ3) is 3.62. The van der Waals surface area contributed by atoms with Crippen molar-refractivity contribution >= 4 is 17.4 Å². The zero-order valence-corrected chi connectivity index (χ0v) is 14.8. The number of carbonyl (C=O) groups excluding carboxylic acids is 1. The van der Waals surface area contributed by atoms with E-state index in [-0.39, 0.29) is 5.91 Å². The van der Waals surface area contributed by atoms with E-state index in [1.807, 2.05) is 12.1 Å². The van der Waals surface area contributed by atoms with Gasteiger partial charge in [0, 0.05) is 45.0 Å². The van der Waals surface area contributed by atoms with Crippen molar-refractivity contribution in [3.05, 3.63) is 48.2 Å². The maximum atomic E-state index is 12.4. The second-order valence-corrected chi connectivity index (χ2v) is 6.49. The molecule has 2 aromatic rings. The first-order valence-electron chi connectivity index (χ1n) is 9.07. The van der Waals surface area contributed by atoms with Crippen LogP contribution in [0.25, 0.3) is 0 Å². The lowest BCUT2D eigenvalue weighted by Crippen LogP contribution is -2.47. The monoisotopic (exact) mass is 353 g/mol.